The van der Waals surface area contributed by atoms with Crippen LogP contribution in [0.25, 0.3) is 16.5 Å². The molecule has 0 unspecified atom stereocenters. The average molecular weight is 281 g/mol. The average Bonchev–Trinajstić information content (AvgIpc) is 2.92. The van der Waals surface area contributed by atoms with Crippen molar-refractivity contribution in [3.05, 3.63) is 41.6 Å². The van der Waals surface area contributed by atoms with Gasteiger partial charge >= 0.3 is 0 Å². The van der Waals surface area contributed by atoms with E-state index in [9.17, 15) is 4.79 Å². The number of benzene rings is 1. The summed E-state index contributed by atoms with van der Waals surface area (Å²) in [4.78, 5) is 15.5. The smallest absolute Gasteiger partial charge is 0.228 e. The van der Waals surface area contributed by atoms with E-state index in [1.54, 1.807) is 0 Å². The van der Waals surface area contributed by atoms with Gasteiger partial charge < -0.3 is 15.6 Å². The molecule has 4 rings (SSSR count). The number of carbonyl (C=O) groups is 1. The van der Waals surface area contributed by atoms with Crippen LogP contribution in [0.2, 0.25) is 0 Å². The van der Waals surface area contributed by atoms with Crippen molar-refractivity contribution in [2.75, 3.05) is 13.1 Å². The van der Waals surface area contributed by atoms with Gasteiger partial charge in [0, 0.05) is 36.2 Å². The molecular weight excluding hydrogens is 262 g/mol. The molecule has 0 spiro atoms. The van der Waals surface area contributed by atoms with Gasteiger partial charge in [0.15, 0.2) is 0 Å². The van der Waals surface area contributed by atoms with E-state index in [2.05, 4.69) is 46.1 Å². The van der Waals surface area contributed by atoms with Crippen molar-refractivity contribution in [2.24, 2.45) is 5.92 Å². The molecule has 4 heteroatoms. The number of aromatic nitrogens is 1. The predicted octanol–water partition coefficient (Wildman–Crippen LogP) is 1.83. The number of hydrogen-bond donors (Lipinski definition) is 3. The van der Waals surface area contributed by atoms with E-state index < -0.39 is 0 Å². The van der Waals surface area contributed by atoms with Gasteiger partial charge in [0.2, 0.25) is 5.91 Å². The van der Waals surface area contributed by atoms with E-state index in [4.69, 9.17) is 0 Å². The highest BCUT2D eigenvalue weighted by molar-refractivity contribution is 5.99. The van der Waals surface area contributed by atoms with E-state index in [0.717, 1.165) is 13.0 Å². The summed E-state index contributed by atoms with van der Waals surface area (Å²) >= 11 is 0. The van der Waals surface area contributed by atoms with Gasteiger partial charge in [0.25, 0.3) is 0 Å². The van der Waals surface area contributed by atoms with Crippen molar-refractivity contribution < 1.29 is 4.79 Å². The molecule has 0 radical (unpaired) electrons. The Hall–Kier alpha value is -2.07. The predicted molar refractivity (Wildman–Crippen MR) is 83.9 cm³/mol. The molecule has 0 fully saturated rings. The van der Waals surface area contributed by atoms with Crippen LogP contribution in [0, 0.1) is 5.92 Å². The molecule has 0 saturated carbocycles. The molecule has 1 aromatic carbocycles. The molecule has 2 aliphatic rings. The summed E-state index contributed by atoms with van der Waals surface area (Å²) in [6, 6.07) is 6.68. The maximum Gasteiger partial charge on any atom is 0.228 e. The van der Waals surface area contributed by atoms with E-state index in [1.165, 1.54) is 27.6 Å². The van der Waals surface area contributed by atoms with E-state index in [0.29, 0.717) is 12.6 Å². The second-order valence-electron chi connectivity index (χ2n) is 5.83. The molecule has 108 valence electrons. The first-order chi connectivity index (χ1) is 10.3. The van der Waals surface area contributed by atoms with E-state index in [-0.39, 0.29) is 11.8 Å². The Morgan fingerprint density at radius 1 is 1.43 bits per heavy atom. The summed E-state index contributed by atoms with van der Waals surface area (Å²) in [6.45, 7) is 3.35. The third-order valence-electron chi connectivity index (χ3n) is 4.55. The number of fused-ring (bicyclic) bond motifs is 2. The fourth-order valence-electron chi connectivity index (χ4n) is 3.58. The maximum atomic E-state index is 12.1. The van der Waals surface area contributed by atoms with Gasteiger partial charge in [-0.25, -0.2) is 0 Å². The van der Waals surface area contributed by atoms with Crippen molar-refractivity contribution >= 4 is 22.4 Å². The van der Waals surface area contributed by atoms with Gasteiger partial charge in [-0.15, -0.1) is 0 Å². The molecule has 1 aliphatic heterocycles. The first kappa shape index (κ1) is 12.7. The zero-order valence-corrected chi connectivity index (χ0v) is 12.1. The van der Waals surface area contributed by atoms with Gasteiger partial charge in [-0.05, 0) is 36.1 Å². The lowest BCUT2D eigenvalue weighted by molar-refractivity contribution is -0.123. The van der Waals surface area contributed by atoms with Crippen molar-refractivity contribution in [2.45, 2.75) is 19.4 Å². The standard InChI is InChI=1S/C17H19N3O/c1-2-18-17(21)11-6-13-12-4-3-5-14-16(12)10(8-19-14)7-15(13)20-9-11/h3-6,8,11,15,19-20H,2,7,9H2,1H3,(H,18,21)/t11-,15-/m1/s1. The summed E-state index contributed by atoms with van der Waals surface area (Å²) in [5, 5.41) is 7.78. The summed E-state index contributed by atoms with van der Waals surface area (Å²) in [7, 11) is 0. The molecule has 2 heterocycles. The summed E-state index contributed by atoms with van der Waals surface area (Å²) in [5.74, 6) is 0.0370. The van der Waals surface area contributed by atoms with Crippen molar-refractivity contribution in [1.29, 1.82) is 0 Å². The molecule has 1 amide bonds. The molecule has 21 heavy (non-hydrogen) atoms. The summed E-state index contributed by atoms with van der Waals surface area (Å²) < 4.78 is 0. The van der Waals surface area contributed by atoms with Crippen LogP contribution in [0.4, 0.5) is 0 Å². The minimum absolute atomic E-state index is 0.0769. The monoisotopic (exact) mass is 281 g/mol. The fraction of sp³-hybridized carbons (Fsp3) is 0.353. The molecule has 0 saturated heterocycles. The Morgan fingerprint density at radius 3 is 3.19 bits per heavy atom. The van der Waals surface area contributed by atoms with E-state index >= 15 is 0 Å². The van der Waals surface area contributed by atoms with Gasteiger partial charge in [0.05, 0.1) is 5.92 Å². The summed E-state index contributed by atoms with van der Waals surface area (Å²) in [5.41, 5.74) is 5.09. The van der Waals surface area contributed by atoms with Crippen molar-refractivity contribution in [3.8, 4) is 0 Å². The summed E-state index contributed by atoms with van der Waals surface area (Å²) in [6.07, 6.45) is 5.27. The van der Waals surface area contributed by atoms with Gasteiger partial charge in [-0.1, -0.05) is 18.2 Å². The molecular formula is C17H19N3O. The van der Waals surface area contributed by atoms with Crippen molar-refractivity contribution in [3.63, 3.8) is 0 Å². The number of aromatic amines is 1. The highest BCUT2D eigenvalue weighted by Gasteiger charge is 2.31. The number of carbonyl (C=O) groups excluding carboxylic acids is 1. The van der Waals surface area contributed by atoms with Crippen LogP contribution in [0.5, 0.6) is 0 Å². The highest BCUT2D eigenvalue weighted by atomic mass is 16.1. The van der Waals surface area contributed by atoms with Crippen LogP contribution in [0.1, 0.15) is 18.1 Å². The topological polar surface area (TPSA) is 56.9 Å². The van der Waals surface area contributed by atoms with Crippen LogP contribution in [0.3, 0.4) is 0 Å². The van der Waals surface area contributed by atoms with E-state index in [1.807, 2.05) is 6.92 Å². The number of H-pyrrole nitrogens is 1. The second-order valence-corrected chi connectivity index (χ2v) is 5.83. The number of rotatable bonds is 2. The SMILES string of the molecule is CCNC(=O)[C@@H]1C=C2c3cccc4[nH]cc(c34)C[C@H]2NC1. The first-order valence-corrected chi connectivity index (χ1v) is 7.60. The maximum absolute atomic E-state index is 12.1. The Bertz CT molecular complexity index is 744. The molecule has 2 atom stereocenters. The highest BCUT2D eigenvalue weighted by Crippen LogP contribution is 2.38. The zero-order valence-electron chi connectivity index (χ0n) is 12.1. The van der Waals surface area contributed by atoms with Gasteiger partial charge in [0.1, 0.15) is 0 Å². The number of hydrogen-bond acceptors (Lipinski definition) is 2. The Kier molecular flexibility index (Phi) is 2.86. The lowest BCUT2D eigenvalue weighted by Crippen LogP contribution is -2.45. The molecule has 0 bridgehead atoms. The zero-order chi connectivity index (χ0) is 14.4. The van der Waals surface area contributed by atoms with Crippen LogP contribution in [-0.2, 0) is 11.2 Å². The van der Waals surface area contributed by atoms with Crippen LogP contribution in [0.15, 0.2) is 30.5 Å². The Labute approximate surface area is 123 Å². The fourth-order valence-corrected chi connectivity index (χ4v) is 3.58. The number of nitrogens with one attached hydrogen (secondary N) is 3. The van der Waals surface area contributed by atoms with Crippen LogP contribution < -0.4 is 10.6 Å². The molecule has 3 N–H and O–H groups in total. The van der Waals surface area contributed by atoms with Crippen LogP contribution in [-0.4, -0.2) is 30.0 Å². The Balaban J connectivity index is 1.81. The minimum Gasteiger partial charge on any atom is -0.361 e. The van der Waals surface area contributed by atoms with Gasteiger partial charge in [-0.2, -0.15) is 0 Å². The second kappa shape index (κ2) is 4.74. The third-order valence-corrected chi connectivity index (χ3v) is 4.55. The third kappa shape index (κ3) is 1.90. The largest absolute Gasteiger partial charge is 0.361 e. The molecule has 2 aromatic rings. The quantitative estimate of drug-likeness (QED) is 0.786. The lowest BCUT2D eigenvalue weighted by Gasteiger charge is -2.33. The molecule has 4 nitrogen and oxygen atoms in total. The first-order valence-electron chi connectivity index (χ1n) is 7.60. The van der Waals surface area contributed by atoms with Crippen LogP contribution >= 0.6 is 0 Å². The lowest BCUT2D eigenvalue weighted by atomic mass is 9.81. The minimum atomic E-state index is -0.0769. The normalized spacial score (nSPS) is 23.6. The van der Waals surface area contributed by atoms with Crippen molar-refractivity contribution in [1.82, 2.24) is 15.6 Å². The Morgan fingerprint density at radius 2 is 2.33 bits per heavy atom. The van der Waals surface area contributed by atoms with Gasteiger partial charge in [-0.3, -0.25) is 4.79 Å². The molecule has 1 aliphatic carbocycles. The number of amides is 1. The molecule has 1 aromatic heterocycles.